The molecule has 1 N–H and O–H groups in total. The minimum atomic E-state index is -4.87. The highest BCUT2D eigenvalue weighted by molar-refractivity contribution is 6.23. The maximum absolute atomic E-state index is 13.3. The van der Waals surface area contributed by atoms with Gasteiger partial charge < -0.3 is 15.0 Å². The van der Waals surface area contributed by atoms with Gasteiger partial charge in [-0.1, -0.05) is 18.2 Å². The van der Waals surface area contributed by atoms with Gasteiger partial charge in [0, 0.05) is 31.5 Å². The summed E-state index contributed by atoms with van der Waals surface area (Å²) in [7, 11) is 1.62. The summed E-state index contributed by atoms with van der Waals surface area (Å²) in [6.07, 6.45) is -2.00. The zero-order chi connectivity index (χ0) is 26.1. The molecule has 0 saturated carbocycles. The van der Waals surface area contributed by atoms with Crippen molar-refractivity contribution < 1.29 is 32.3 Å². The van der Waals surface area contributed by atoms with Gasteiger partial charge in [0.15, 0.2) is 0 Å². The standard InChI is InChI=1S/C25H21F3N4O4/c1-24(14-16-12-13-29-15-20(16)21(33)31(2)17-6-4-3-5-7-17)22(34)32(23(35)30-24)18-8-10-19(11-9-18)36-25(26,27)28/h3-13,15H,14H2,1-2H3,(H,30,35). The van der Waals surface area contributed by atoms with E-state index in [0.29, 0.717) is 11.3 Å². The number of benzene rings is 2. The Morgan fingerprint density at radius 1 is 1.08 bits per heavy atom. The van der Waals surface area contributed by atoms with Crippen LogP contribution in [0.25, 0.3) is 0 Å². The Balaban J connectivity index is 1.57. The number of carbonyl (C=O) groups excluding carboxylic acids is 3. The first-order valence-electron chi connectivity index (χ1n) is 10.8. The molecule has 3 aromatic rings. The van der Waals surface area contributed by atoms with Gasteiger partial charge in [-0.2, -0.15) is 0 Å². The average molecular weight is 498 g/mol. The topological polar surface area (TPSA) is 91.8 Å². The van der Waals surface area contributed by atoms with Crippen LogP contribution < -0.4 is 19.9 Å². The van der Waals surface area contributed by atoms with E-state index in [1.165, 1.54) is 36.4 Å². The number of urea groups is 1. The van der Waals surface area contributed by atoms with Gasteiger partial charge in [-0.25, -0.2) is 9.69 Å². The fraction of sp³-hybridized carbons (Fsp3) is 0.200. The molecule has 2 aromatic carbocycles. The van der Waals surface area contributed by atoms with Crippen LogP contribution in [0.4, 0.5) is 29.3 Å². The van der Waals surface area contributed by atoms with E-state index in [-0.39, 0.29) is 23.6 Å². The van der Waals surface area contributed by atoms with Crippen LogP contribution in [0.3, 0.4) is 0 Å². The van der Waals surface area contributed by atoms with Crippen LogP contribution in [-0.4, -0.2) is 41.8 Å². The molecule has 1 atom stereocenters. The van der Waals surface area contributed by atoms with Crippen LogP contribution in [0.2, 0.25) is 0 Å². The molecule has 1 unspecified atom stereocenters. The number of carbonyl (C=O) groups is 3. The molecule has 4 amide bonds. The van der Waals surface area contributed by atoms with Gasteiger partial charge in [0.1, 0.15) is 11.3 Å². The molecule has 0 spiro atoms. The molecule has 11 heteroatoms. The van der Waals surface area contributed by atoms with Crippen LogP contribution in [0.5, 0.6) is 5.75 Å². The van der Waals surface area contributed by atoms with Crippen molar-refractivity contribution in [2.24, 2.45) is 0 Å². The lowest BCUT2D eigenvalue weighted by Gasteiger charge is -2.24. The molecule has 0 aliphatic carbocycles. The Bertz CT molecular complexity index is 1300. The molecule has 0 bridgehead atoms. The van der Waals surface area contributed by atoms with Crippen LogP contribution in [0.15, 0.2) is 73.1 Å². The quantitative estimate of drug-likeness (QED) is 0.512. The van der Waals surface area contributed by atoms with Crippen molar-refractivity contribution in [3.05, 3.63) is 84.2 Å². The molecular weight excluding hydrogens is 477 g/mol. The van der Waals surface area contributed by atoms with Crippen molar-refractivity contribution in [3.63, 3.8) is 0 Å². The fourth-order valence-corrected chi connectivity index (χ4v) is 3.94. The van der Waals surface area contributed by atoms with E-state index in [4.69, 9.17) is 0 Å². The van der Waals surface area contributed by atoms with Gasteiger partial charge in [0.2, 0.25) is 0 Å². The van der Waals surface area contributed by atoms with E-state index in [0.717, 1.165) is 17.0 Å². The van der Waals surface area contributed by atoms with Gasteiger partial charge >= 0.3 is 12.4 Å². The smallest absolute Gasteiger partial charge is 0.406 e. The maximum atomic E-state index is 13.3. The number of rotatable bonds is 6. The molecule has 4 rings (SSSR count). The molecule has 0 radical (unpaired) electrons. The van der Waals surface area contributed by atoms with Gasteiger partial charge in [0.05, 0.1) is 11.3 Å². The Labute approximate surface area is 204 Å². The van der Waals surface area contributed by atoms with E-state index in [1.54, 1.807) is 37.4 Å². The highest BCUT2D eigenvalue weighted by Gasteiger charge is 2.49. The number of alkyl halides is 3. The first-order chi connectivity index (χ1) is 17.0. The highest BCUT2D eigenvalue weighted by Crippen LogP contribution is 2.31. The van der Waals surface area contributed by atoms with Crippen LogP contribution >= 0.6 is 0 Å². The molecule has 1 aliphatic heterocycles. The second kappa shape index (κ2) is 9.33. The minimum Gasteiger partial charge on any atom is -0.406 e. The number of aromatic nitrogens is 1. The second-order valence-corrected chi connectivity index (χ2v) is 8.35. The van der Waals surface area contributed by atoms with Crippen molar-refractivity contribution in [2.45, 2.75) is 25.2 Å². The van der Waals surface area contributed by atoms with Crippen molar-refractivity contribution >= 4 is 29.2 Å². The number of ether oxygens (including phenoxy) is 1. The molecule has 186 valence electrons. The van der Waals surface area contributed by atoms with Gasteiger partial charge in [-0.15, -0.1) is 13.2 Å². The van der Waals surface area contributed by atoms with E-state index in [9.17, 15) is 27.6 Å². The van der Waals surface area contributed by atoms with E-state index < -0.39 is 29.6 Å². The predicted molar refractivity (Wildman–Crippen MR) is 125 cm³/mol. The molecule has 1 fully saturated rings. The van der Waals surface area contributed by atoms with Gasteiger partial charge in [-0.05, 0) is 55.0 Å². The van der Waals surface area contributed by atoms with Crippen molar-refractivity contribution in [1.29, 1.82) is 0 Å². The lowest BCUT2D eigenvalue weighted by atomic mass is 9.90. The number of para-hydroxylation sites is 1. The summed E-state index contributed by atoms with van der Waals surface area (Å²) in [6, 6.07) is 14.2. The van der Waals surface area contributed by atoms with Gasteiger partial charge in [-0.3, -0.25) is 14.6 Å². The summed E-state index contributed by atoms with van der Waals surface area (Å²) in [5, 5.41) is 2.64. The van der Waals surface area contributed by atoms with Crippen LogP contribution in [0.1, 0.15) is 22.8 Å². The minimum absolute atomic E-state index is 0.0183. The number of nitrogens with zero attached hydrogens (tertiary/aromatic N) is 3. The normalized spacial score (nSPS) is 17.6. The molecular formula is C25H21F3N4O4. The molecule has 36 heavy (non-hydrogen) atoms. The summed E-state index contributed by atoms with van der Waals surface area (Å²) in [4.78, 5) is 45.6. The largest absolute Gasteiger partial charge is 0.573 e. The third kappa shape index (κ3) is 4.99. The van der Waals surface area contributed by atoms with Crippen molar-refractivity contribution in [1.82, 2.24) is 10.3 Å². The first kappa shape index (κ1) is 24.7. The summed E-state index contributed by atoms with van der Waals surface area (Å²) < 4.78 is 41.1. The monoisotopic (exact) mass is 498 g/mol. The molecule has 1 aromatic heterocycles. The number of pyridine rings is 1. The summed E-state index contributed by atoms with van der Waals surface area (Å²) in [5.41, 5.74) is 0.0762. The maximum Gasteiger partial charge on any atom is 0.573 e. The second-order valence-electron chi connectivity index (χ2n) is 8.35. The SMILES string of the molecule is CN(C(=O)c1cnccc1CC1(C)NC(=O)N(c2ccc(OC(F)(F)F)cc2)C1=O)c1ccccc1. The lowest BCUT2D eigenvalue weighted by Crippen LogP contribution is -2.46. The Kier molecular flexibility index (Phi) is 6.40. The fourth-order valence-electron chi connectivity index (χ4n) is 3.94. The van der Waals surface area contributed by atoms with Crippen molar-refractivity contribution in [2.75, 3.05) is 16.8 Å². The highest BCUT2D eigenvalue weighted by atomic mass is 19.4. The Hall–Kier alpha value is -4.41. The number of hydrogen-bond acceptors (Lipinski definition) is 5. The van der Waals surface area contributed by atoms with Gasteiger partial charge in [0.25, 0.3) is 11.8 Å². The number of imide groups is 1. The van der Waals surface area contributed by atoms with E-state index in [1.807, 2.05) is 6.07 Å². The number of amides is 4. The first-order valence-corrected chi connectivity index (χ1v) is 10.8. The summed E-state index contributed by atoms with van der Waals surface area (Å²) in [6.45, 7) is 1.52. The average Bonchev–Trinajstić information content (AvgIpc) is 3.06. The predicted octanol–water partition coefficient (Wildman–Crippen LogP) is 4.31. The molecule has 8 nitrogen and oxygen atoms in total. The Morgan fingerprint density at radius 2 is 1.75 bits per heavy atom. The van der Waals surface area contributed by atoms with Crippen LogP contribution in [-0.2, 0) is 11.2 Å². The van der Waals surface area contributed by atoms with Crippen LogP contribution in [0, 0.1) is 0 Å². The van der Waals surface area contributed by atoms with E-state index in [2.05, 4.69) is 15.0 Å². The zero-order valence-corrected chi connectivity index (χ0v) is 19.2. The zero-order valence-electron chi connectivity index (χ0n) is 19.2. The van der Waals surface area contributed by atoms with Crippen molar-refractivity contribution in [3.8, 4) is 5.75 Å². The third-order valence-corrected chi connectivity index (χ3v) is 5.72. The van der Waals surface area contributed by atoms with E-state index >= 15 is 0 Å². The summed E-state index contributed by atoms with van der Waals surface area (Å²) in [5.74, 6) is -1.45. The number of anilines is 2. The lowest BCUT2D eigenvalue weighted by molar-refractivity contribution is -0.274. The third-order valence-electron chi connectivity index (χ3n) is 5.72. The molecule has 1 aliphatic rings. The number of nitrogens with one attached hydrogen (secondary N) is 1. The Morgan fingerprint density at radius 3 is 2.39 bits per heavy atom. The summed E-state index contributed by atoms with van der Waals surface area (Å²) >= 11 is 0. The number of hydrogen-bond donors (Lipinski definition) is 1. The molecule has 1 saturated heterocycles. The molecule has 2 heterocycles. The number of halogens is 3.